The first kappa shape index (κ1) is 15.2. The molecular formula is C16H16IN3O2. The monoisotopic (exact) mass is 409 g/mol. The van der Waals surface area contributed by atoms with Gasteiger partial charge >= 0.3 is 0 Å². The van der Waals surface area contributed by atoms with E-state index >= 15 is 0 Å². The molecule has 2 heterocycles. The SMILES string of the molecule is O=C(Nc1ccc(N2CCOCC2)cn1)c1ccccc1I. The molecule has 3 rings (SSSR count). The predicted molar refractivity (Wildman–Crippen MR) is 94.4 cm³/mol. The van der Waals surface area contributed by atoms with Crippen LogP contribution in [0.25, 0.3) is 0 Å². The average Bonchev–Trinajstić information content (AvgIpc) is 2.57. The minimum atomic E-state index is -0.142. The van der Waals surface area contributed by atoms with Crippen molar-refractivity contribution in [2.45, 2.75) is 0 Å². The van der Waals surface area contributed by atoms with Crippen molar-refractivity contribution in [2.75, 3.05) is 36.5 Å². The molecule has 2 aromatic rings. The number of benzene rings is 1. The Labute approximate surface area is 142 Å². The van der Waals surface area contributed by atoms with Crippen molar-refractivity contribution >= 4 is 40.0 Å². The highest BCUT2D eigenvalue weighted by Crippen LogP contribution is 2.18. The van der Waals surface area contributed by atoms with Gasteiger partial charge in [-0.05, 0) is 46.9 Å². The number of aromatic nitrogens is 1. The second kappa shape index (κ2) is 7.06. The number of amides is 1. The Morgan fingerprint density at radius 3 is 2.64 bits per heavy atom. The number of carbonyl (C=O) groups excluding carboxylic acids is 1. The lowest BCUT2D eigenvalue weighted by Gasteiger charge is -2.28. The summed E-state index contributed by atoms with van der Waals surface area (Å²) in [7, 11) is 0. The molecule has 114 valence electrons. The Bertz CT molecular complexity index is 655. The molecule has 6 heteroatoms. The van der Waals surface area contributed by atoms with Crippen LogP contribution < -0.4 is 10.2 Å². The van der Waals surface area contributed by atoms with Crippen LogP contribution in [0.15, 0.2) is 42.6 Å². The van der Waals surface area contributed by atoms with Gasteiger partial charge in [0.15, 0.2) is 0 Å². The fourth-order valence-electron chi connectivity index (χ4n) is 2.30. The predicted octanol–water partition coefficient (Wildman–Crippen LogP) is 2.78. The number of ether oxygens (including phenoxy) is 1. The summed E-state index contributed by atoms with van der Waals surface area (Å²) in [5.74, 6) is 0.415. The van der Waals surface area contributed by atoms with Gasteiger partial charge in [0.1, 0.15) is 5.82 Å². The fourth-order valence-corrected chi connectivity index (χ4v) is 2.93. The van der Waals surface area contributed by atoms with Gasteiger partial charge in [-0.2, -0.15) is 0 Å². The number of nitrogens with one attached hydrogen (secondary N) is 1. The Morgan fingerprint density at radius 1 is 1.18 bits per heavy atom. The number of morpholine rings is 1. The van der Waals surface area contributed by atoms with E-state index in [1.165, 1.54) is 0 Å². The molecule has 1 amide bonds. The van der Waals surface area contributed by atoms with Gasteiger partial charge in [0, 0.05) is 16.7 Å². The van der Waals surface area contributed by atoms with Crippen LogP contribution in [-0.2, 0) is 4.74 Å². The lowest BCUT2D eigenvalue weighted by atomic mass is 10.2. The second-order valence-electron chi connectivity index (χ2n) is 4.94. The van der Waals surface area contributed by atoms with Gasteiger partial charge < -0.3 is 15.0 Å². The average molecular weight is 409 g/mol. The minimum Gasteiger partial charge on any atom is -0.378 e. The first-order valence-corrected chi connectivity index (χ1v) is 8.16. The molecule has 22 heavy (non-hydrogen) atoms. The molecule has 1 aromatic heterocycles. The maximum Gasteiger partial charge on any atom is 0.257 e. The molecule has 1 aliphatic heterocycles. The first-order valence-electron chi connectivity index (χ1n) is 7.09. The summed E-state index contributed by atoms with van der Waals surface area (Å²) in [6.07, 6.45) is 1.79. The Balaban J connectivity index is 1.68. The van der Waals surface area contributed by atoms with E-state index in [0.717, 1.165) is 35.6 Å². The number of nitrogens with zero attached hydrogens (tertiary/aromatic N) is 2. The van der Waals surface area contributed by atoms with E-state index in [4.69, 9.17) is 4.74 Å². The van der Waals surface area contributed by atoms with Gasteiger partial charge in [-0.15, -0.1) is 0 Å². The number of halogens is 1. The van der Waals surface area contributed by atoms with Gasteiger partial charge in [0.05, 0.1) is 30.7 Å². The number of rotatable bonds is 3. The van der Waals surface area contributed by atoms with Crippen molar-refractivity contribution < 1.29 is 9.53 Å². The Hall–Kier alpha value is -1.67. The molecule has 0 aliphatic carbocycles. The highest BCUT2D eigenvalue weighted by molar-refractivity contribution is 14.1. The molecule has 1 aliphatic rings. The second-order valence-corrected chi connectivity index (χ2v) is 6.10. The summed E-state index contributed by atoms with van der Waals surface area (Å²) >= 11 is 2.15. The number of hydrogen-bond acceptors (Lipinski definition) is 4. The molecule has 1 N–H and O–H groups in total. The van der Waals surface area contributed by atoms with E-state index in [1.807, 2.05) is 30.3 Å². The van der Waals surface area contributed by atoms with E-state index in [2.05, 4.69) is 37.8 Å². The fraction of sp³-hybridized carbons (Fsp3) is 0.250. The summed E-state index contributed by atoms with van der Waals surface area (Å²) in [6, 6.07) is 11.3. The van der Waals surface area contributed by atoms with E-state index in [0.29, 0.717) is 11.4 Å². The van der Waals surface area contributed by atoms with Gasteiger partial charge in [-0.25, -0.2) is 4.98 Å². The van der Waals surface area contributed by atoms with Crippen LogP contribution in [0, 0.1) is 3.57 Å². The summed E-state index contributed by atoms with van der Waals surface area (Å²) in [5, 5.41) is 2.83. The highest BCUT2D eigenvalue weighted by atomic mass is 127. The zero-order chi connectivity index (χ0) is 15.4. The Morgan fingerprint density at radius 2 is 1.95 bits per heavy atom. The molecule has 0 spiro atoms. The minimum absolute atomic E-state index is 0.142. The third kappa shape index (κ3) is 3.56. The largest absolute Gasteiger partial charge is 0.378 e. The van der Waals surface area contributed by atoms with E-state index < -0.39 is 0 Å². The molecule has 0 radical (unpaired) electrons. The van der Waals surface area contributed by atoms with E-state index in [9.17, 15) is 4.79 Å². The third-order valence-electron chi connectivity index (χ3n) is 3.48. The third-order valence-corrected chi connectivity index (χ3v) is 4.42. The molecule has 0 bridgehead atoms. The number of carbonyl (C=O) groups is 1. The van der Waals surface area contributed by atoms with E-state index in [-0.39, 0.29) is 5.91 Å². The van der Waals surface area contributed by atoms with Crippen LogP contribution in [0.5, 0.6) is 0 Å². The van der Waals surface area contributed by atoms with E-state index in [1.54, 1.807) is 12.3 Å². The number of pyridine rings is 1. The molecule has 0 atom stereocenters. The molecule has 1 fully saturated rings. The lowest BCUT2D eigenvalue weighted by Crippen LogP contribution is -2.36. The Kier molecular flexibility index (Phi) is 4.89. The number of anilines is 2. The highest BCUT2D eigenvalue weighted by Gasteiger charge is 2.13. The van der Waals surface area contributed by atoms with Crippen LogP contribution in [0.3, 0.4) is 0 Å². The van der Waals surface area contributed by atoms with Crippen LogP contribution in [0.2, 0.25) is 0 Å². The standard InChI is InChI=1S/C16H16IN3O2/c17-14-4-2-1-3-13(14)16(21)19-15-6-5-12(11-18-15)20-7-9-22-10-8-20/h1-6,11H,7-10H2,(H,18,19,21). The molecule has 5 nitrogen and oxygen atoms in total. The maximum atomic E-state index is 12.2. The summed E-state index contributed by atoms with van der Waals surface area (Å²) in [5.41, 5.74) is 1.71. The smallest absolute Gasteiger partial charge is 0.257 e. The van der Waals surface area contributed by atoms with Crippen LogP contribution >= 0.6 is 22.6 Å². The molecule has 1 saturated heterocycles. The summed E-state index contributed by atoms with van der Waals surface area (Å²) < 4.78 is 6.26. The number of hydrogen-bond donors (Lipinski definition) is 1. The van der Waals surface area contributed by atoms with Gasteiger partial charge in [0.2, 0.25) is 0 Å². The molecule has 0 saturated carbocycles. The van der Waals surface area contributed by atoms with Gasteiger partial charge in [-0.3, -0.25) is 4.79 Å². The normalized spacial score (nSPS) is 14.7. The first-order chi connectivity index (χ1) is 10.7. The maximum absolute atomic E-state index is 12.2. The summed E-state index contributed by atoms with van der Waals surface area (Å²) in [4.78, 5) is 18.8. The van der Waals surface area contributed by atoms with Gasteiger partial charge in [-0.1, -0.05) is 12.1 Å². The van der Waals surface area contributed by atoms with Crippen molar-refractivity contribution in [3.8, 4) is 0 Å². The zero-order valence-electron chi connectivity index (χ0n) is 12.0. The van der Waals surface area contributed by atoms with Crippen molar-refractivity contribution in [1.29, 1.82) is 0 Å². The molecule has 0 unspecified atom stereocenters. The van der Waals surface area contributed by atoms with Crippen molar-refractivity contribution in [2.24, 2.45) is 0 Å². The van der Waals surface area contributed by atoms with Crippen molar-refractivity contribution in [3.63, 3.8) is 0 Å². The van der Waals surface area contributed by atoms with Crippen LogP contribution in [0.4, 0.5) is 11.5 Å². The molecule has 1 aromatic carbocycles. The van der Waals surface area contributed by atoms with Crippen LogP contribution in [0.1, 0.15) is 10.4 Å². The molecular weight excluding hydrogens is 393 g/mol. The summed E-state index contributed by atoms with van der Waals surface area (Å²) in [6.45, 7) is 3.22. The lowest BCUT2D eigenvalue weighted by molar-refractivity contribution is 0.102. The zero-order valence-corrected chi connectivity index (χ0v) is 14.1. The van der Waals surface area contributed by atoms with Gasteiger partial charge in [0.25, 0.3) is 5.91 Å². The van der Waals surface area contributed by atoms with Crippen molar-refractivity contribution in [1.82, 2.24) is 4.98 Å². The quantitative estimate of drug-likeness (QED) is 0.793. The topological polar surface area (TPSA) is 54.5 Å². The van der Waals surface area contributed by atoms with Crippen LogP contribution in [-0.4, -0.2) is 37.2 Å². The van der Waals surface area contributed by atoms with Crippen molar-refractivity contribution in [3.05, 3.63) is 51.7 Å².